The number of hydrogen-bond acceptors (Lipinski definition) is 12. The third-order valence-electron chi connectivity index (χ3n) is 12.2. The number of fused-ring (bicyclic) bond motifs is 6. The zero-order valence-corrected chi connectivity index (χ0v) is 44.1. The molecule has 0 aliphatic rings. The first kappa shape index (κ1) is 59.5. The average Bonchev–Trinajstić information content (AvgIpc) is 1.11. The number of carboxylic acid groups (broad SMARTS) is 6. The van der Waals surface area contributed by atoms with Crippen LogP contribution >= 0.6 is 0 Å². The van der Waals surface area contributed by atoms with Gasteiger partial charge in [0.2, 0.25) is 33.1 Å². The lowest BCUT2D eigenvalue weighted by Gasteiger charge is -2.28. The lowest BCUT2D eigenvalue weighted by atomic mass is 9.86. The highest BCUT2D eigenvalue weighted by molar-refractivity contribution is 6.21. The molecule has 7 aromatic carbocycles. The van der Waals surface area contributed by atoms with Gasteiger partial charge in [-0.1, -0.05) is 72.8 Å². The Morgan fingerprint density at radius 3 is 0.429 bits per heavy atom. The average molecular weight is 1120 g/mol. The first-order valence-electron chi connectivity index (χ1n) is 25.4. The lowest BCUT2D eigenvalue weighted by Crippen LogP contribution is -2.44. The molecule has 0 saturated carbocycles. The Bertz CT molecular complexity index is 3320. The second-order valence-electron chi connectivity index (χ2n) is 17.5. The van der Waals surface area contributed by atoms with Crippen LogP contribution < -0.4 is 60.5 Å². The van der Waals surface area contributed by atoms with Gasteiger partial charge in [0.1, 0.15) is 0 Å². The van der Waals surface area contributed by atoms with Crippen LogP contribution in [0.15, 0.2) is 256 Å². The van der Waals surface area contributed by atoms with Gasteiger partial charge in [0.25, 0.3) is 0 Å². The number of para-hydroxylation sites is 6. The van der Waals surface area contributed by atoms with Crippen LogP contribution in [-0.4, -0.2) is 35.8 Å². The maximum atomic E-state index is 11.0. The van der Waals surface area contributed by atoms with Crippen LogP contribution in [0.1, 0.15) is 62.1 Å². The number of aromatic carboxylic acids is 6. The van der Waals surface area contributed by atoms with Crippen LogP contribution in [0.25, 0.3) is 65.4 Å². The number of carbonyl (C=O) groups excluding carboxylic acids is 6. The highest BCUT2D eigenvalue weighted by Crippen LogP contribution is 2.28. The number of aromatic nitrogens is 6. The maximum absolute atomic E-state index is 11.0. The Morgan fingerprint density at radius 2 is 0.310 bits per heavy atom. The molecule has 0 fully saturated rings. The Kier molecular flexibility index (Phi) is 21.0. The van der Waals surface area contributed by atoms with Crippen molar-refractivity contribution in [2.45, 2.75) is 0 Å². The van der Waals surface area contributed by atoms with Crippen LogP contribution in [-0.2, 0) is 0 Å². The molecule has 0 bridgehead atoms. The first-order valence-corrected chi connectivity index (χ1v) is 25.4. The summed E-state index contributed by atoms with van der Waals surface area (Å²) in [6, 6.07) is 73.9. The fourth-order valence-electron chi connectivity index (χ4n) is 8.36. The minimum Gasteiger partial charge on any atom is -0.545 e. The van der Waals surface area contributed by atoms with Crippen LogP contribution in [0.2, 0.25) is 0 Å². The van der Waals surface area contributed by atoms with Gasteiger partial charge in [0, 0.05) is 138 Å². The number of benzene rings is 7. The second-order valence-corrected chi connectivity index (χ2v) is 17.5. The Morgan fingerprint density at radius 1 is 0.190 bits per heavy atom. The molecule has 0 unspecified atom stereocenters. The predicted octanol–water partition coefficient (Wildman–Crippen LogP) is 1.79. The summed E-state index contributed by atoms with van der Waals surface area (Å²) in [5, 5.41) is 73.5. The third-order valence-corrected chi connectivity index (χ3v) is 12.2. The van der Waals surface area contributed by atoms with E-state index in [-0.39, 0.29) is 0 Å². The molecule has 6 heterocycles. The van der Waals surface area contributed by atoms with Gasteiger partial charge in [-0.15, -0.1) is 0 Å². The minimum atomic E-state index is -2.66. The van der Waals surface area contributed by atoms with Crippen LogP contribution in [0.5, 0.6) is 0 Å². The summed E-state index contributed by atoms with van der Waals surface area (Å²) in [7, 11) is 0. The molecule has 414 valence electrons. The van der Waals surface area contributed by atoms with Gasteiger partial charge >= 0.3 is 0 Å². The molecule has 84 heavy (non-hydrogen) atoms. The van der Waals surface area contributed by atoms with Crippen molar-refractivity contribution < 1.29 is 89.3 Å². The fourth-order valence-corrected chi connectivity index (χ4v) is 8.36. The largest absolute Gasteiger partial charge is 0.545 e. The topological polar surface area (TPSA) is 326 Å². The Balaban J connectivity index is 0.000000145. The monoisotopic (exact) mass is 1120 g/mol. The van der Waals surface area contributed by atoms with Crippen LogP contribution in [0.4, 0.5) is 0 Å². The molecule has 13 aromatic rings. The summed E-state index contributed by atoms with van der Waals surface area (Å²) in [4.78, 5) is 84.9. The van der Waals surface area contributed by atoms with Crippen molar-refractivity contribution in [1.82, 2.24) is 0 Å². The third kappa shape index (κ3) is 16.0. The normalized spacial score (nSPS) is 10.0. The molecule has 0 saturated heterocycles. The molecule has 0 aliphatic heterocycles. The molecule has 0 atom stereocenters. The van der Waals surface area contributed by atoms with Crippen molar-refractivity contribution in [3.05, 3.63) is 289 Å². The van der Waals surface area contributed by atoms with Gasteiger partial charge < -0.3 is 59.4 Å². The van der Waals surface area contributed by atoms with Crippen molar-refractivity contribution in [2.24, 2.45) is 0 Å². The van der Waals surface area contributed by atoms with E-state index < -0.39 is 69.2 Å². The Labute approximate surface area is 477 Å². The Hall–Kier alpha value is -12.2. The van der Waals surface area contributed by atoms with Crippen LogP contribution in [0, 0.1) is 0 Å². The molecule has 6 N–H and O–H groups in total. The summed E-state index contributed by atoms with van der Waals surface area (Å²) >= 11 is 0. The molecule has 0 spiro atoms. The molecule has 6 aromatic heterocycles. The van der Waals surface area contributed by atoms with E-state index in [1.165, 1.54) is 65.4 Å². The van der Waals surface area contributed by atoms with E-state index in [1.807, 2.05) is 146 Å². The fraction of sp³-hybridized carbons (Fsp3) is 0. The smallest absolute Gasteiger partial charge is 0.210 e. The van der Waals surface area contributed by atoms with Crippen molar-refractivity contribution in [3.63, 3.8) is 0 Å². The number of rotatable bonds is 6. The number of carboxylic acids is 6. The van der Waals surface area contributed by atoms with Crippen molar-refractivity contribution in [3.8, 4) is 0 Å². The lowest BCUT2D eigenvalue weighted by molar-refractivity contribution is -0.345. The van der Waals surface area contributed by atoms with E-state index in [4.69, 9.17) is 0 Å². The van der Waals surface area contributed by atoms with Gasteiger partial charge in [0.05, 0.1) is 35.8 Å². The van der Waals surface area contributed by atoms with Gasteiger partial charge in [-0.05, 0) is 72.8 Å². The molecule has 18 nitrogen and oxygen atoms in total. The number of nitrogens with one attached hydrogen (secondary N) is 6. The molecule has 0 amide bonds. The standard InChI is InChI=1S/C12H6O12.6C9H7N/c13-7(14)1-2(8(15)16)4(10(19)20)6(12(23)24)5(11(21)22)3(1)9(17)18;6*1-2-6-9-8(4-1)5-3-7-10-9/h(H,13,14)(H,15,16)(H,17,18)(H,19,20)(H,21,22)(H,23,24);6*1-7H. The highest BCUT2D eigenvalue weighted by Gasteiger charge is 2.27. The van der Waals surface area contributed by atoms with E-state index in [0.717, 1.165) is 0 Å². The molecule has 13 rings (SSSR count). The zero-order valence-electron chi connectivity index (χ0n) is 44.1. The molecule has 18 heteroatoms. The summed E-state index contributed by atoms with van der Waals surface area (Å²) in [5.74, 6) is -16.0. The van der Waals surface area contributed by atoms with Gasteiger partial charge in [0.15, 0.2) is 37.2 Å². The predicted molar refractivity (Wildman–Crippen MR) is 295 cm³/mol. The molecule has 0 aliphatic carbocycles. The van der Waals surface area contributed by atoms with Gasteiger partial charge in [-0.25, -0.2) is 29.9 Å². The van der Waals surface area contributed by atoms with Crippen molar-refractivity contribution >= 4 is 101 Å². The molecular weight excluding hydrogens is 1070 g/mol. The van der Waals surface area contributed by atoms with Gasteiger partial charge in [-0.3, -0.25) is 0 Å². The van der Waals surface area contributed by atoms with E-state index in [9.17, 15) is 59.4 Å². The summed E-state index contributed by atoms with van der Waals surface area (Å²) in [6.45, 7) is 0. The number of H-pyrrole nitrogens is 6. The van der Waals surface area contributed by atoms with Crippen molar-refractivity contribution in [2.75, 3.05) is 0 Å². The summed E-state index contributed by atoms with van der Waals surface area (Å²) < 4.78 is 0. The number of pyridine rings is 6. The quantitative estimate of drug-likeness (QED) is 0.230. The second kappa shape index (κ2) is 29.7. The summed E-state index contributed by atoms with van der Waals surface area (Å²) in [6.07, 6.45) is 11.6. The van der Waals surface area contributed by atoms with Crippen LogP contribution in [0.3, 0.4) is 0 Å². The minimum absolute atomic E-state index is 1.19. The van der Waals surface area contributed by atoms with E-state index in [0.29, 0.717) is 0 Å². The molecular formula is C66H48N6O12. The molecule has 0 radical (unpaired) electrons. The van der Waals surface area contributed by atoms with E-state index in [2.05, 4.69) is 139 Å². The zero-order chi connectivity index (χ0) is 59.8. The SMILES string of the molecule is O=C([O-])c1c(C(=O)[O-])c(C(=O)[O-])c(C(=O)[O-])c(C(=O)[O-])c1C(=O)[O-].c1ccc2[nH+]cccc2c1.c1ccc2[nH+]cccc2c1.c1ccc2[nH+]cccc2c1.c1ccc2[nH+]cccc2c1.c1ccc2[nH+]cccc2c1.c1ccc2[nH+]cccc2c1. The number of hydrogen-bond donors (Lipinski definition) is 0. The maximum Gasteiger partial charge on any atom is 0.210 e. The van der Waals surface area contributed by atoms with E-state index in [1.54, 1.807) is 0 Å². The van der Waals surface area contributed by atoms with E-state index >= 15 is 0 Å². The number of aromatic amines is 6. The summed E-state index contributed by atoms with van der Waals surface area (Å²) in [5.41, 5.74) is -4.90. The van der Waals surface area contributed by atoms with Gasteiger partial charge in [-0.2, -0.15) is 0 Å². The van der Waals surface area contributed by atoms with Crippen molar-refractivity contribution in [1.29, 1.82) is 0 Å². The highest BCUT2D eigenvalue weighted by atomic mass is 16.4. The first-order chi connectivity index (χ1) is 40.7. The number of carbonyl (C=O) groups is 6.